The summed E-state index contributed by atoms with van der Waals surface area (Å²) < 4.78 is 12.4. The number of nitrogens with zero attached hydrogens (tertiary/aromatic N) is 8. The van der Waals surface area contributed by atoms with E-state index in [0.717, 1.165) is 39.3 Å². The molecule has 0 N–H and O–H groups in total. The summed E-state index contributed by atoms with van der Waals surface area (Å²) in [6.45, 7) is 15.9. The van der Waals surface area contributed by atoms with Crippen molar-refractivity contribution in [1.82, 2.24) is 28.7 Å². The molecule has 10 heteroatoms. The van der Waals surface area contributed by atoms with Gasteiger partial charge in [-0.25, -0.2) is 9.97 Å². The Morgan fingerprint density at radius 3 is 1.78 bits per heavy atom. The zero-order chi connectivity index (χ0) is 46.6. The molecule has 12 aromatic rings. The molecule has 4 aromatic carbocycles. The third-order valence-electron chi connectivity index (χ3n) is 15.5. The molecule has 2 atom stereocenters. The molecule has 0 radical (unpaired) electrons. The number of anilines is 2. The van der Waals surface area contributed by atoms with E-state index in [4.69, 9.17) is 15.0 Å². The number of rotatable bonds is 5. The van der Waals surface area contributed by atoms with E-state index in [1.165, 1.54) is 102 Å². The molecule has 0 saturated carbocycles. The lowest BCUT2D eigenvalue weighted by atomic mass is 9.79. The number of thiophene rings is 2. The maximum Gasteiger partial charge on any atom is 0.147 e. The van der Waals surface area contributed by atoms with Crippen molar-refractivity contribution < 1.29 is 0 Å². The van der Waals surface area contributed by atoms with Crippen LogP contribution in [0.5, 0.6) is 0 Å². The monoisotopic (exact) mass is 930 g/mol. The molecule has 0 bridgehead atoms. The van der Waals surface area contributed by atoms with E-state index in [9.17, 15) is 0 Å². The van der Waals surface area contributed by atoms with E-state index < -0.39 is 0 Å². The SMILES string of the molecule is Cc1c(N2c3ncccc3C3(C)C=NC=CC23)c(C)n(-c2cc(-c3cc(-n4c(C)c(C)c(-n5c6cccnc6c6cccnc65)c4C)c4sc5ccccc5c4c3)cc3c2sc2ccccc23)c1C. The number of hydrogen-bond acceptors (Lipinski definition) is 7. The fraction of sp³-hybridized carbons (Fsp3) is 0.153. The number of aliphatic imine (C=N–C) groups is 1. The van der Waals surface area contributed by atoms with Crippen LogP contribution in [0.1, 0.15) is 46.4 Å². The molecule has 0 amide bonds. The highest BCUT2D eigenvalue weighted by molar-refractivity contribution is 7.26. The molecule has 2 unspecified atom stereocenters. The van der Waals surface area contributed by atoms with E-state index in [2.05, 4.69) is 181 Å². The van der Waals surface area contributed by atoms with Crippen molar-refractivity contribution in [3.8, 4) is 28.2 Å². The van der Waals surface area contributed by atoms with Crippen LogP contribution in [0.4, 0.5) is 11.5 Å². The first-order valence-corrected chi connectivity index (χ1v) is 25.2. The molecule has 0 aliphatic carbocycles. The van der Waals surface area contributed by atoms with Crippen LogP contribution in [0.15, 0.2) is 145 Å². The van der Waals surface area contributed by atoms with Gasteiger partial charge in [0.2, 0.25) is 0 Å². The third-order valence-corrected chi connectivity index (χ3v) is 17.9. The lowest BCUT2D eigenvalue weighted by Crippen LogP contribution is -2.42. The van der Waals surface area contributed by atoms with Gasteiger partial charge in [0, 0.05) is 95.7 Å². The molecular weight excluding hydrogens is 885 g/mol. The molecule has 2 aliphatic rings. The highest BCUT2D eigenvalue weighted by Crippen LogP contribution is 2.52. The summed E-state index contributed by atoms with van der Waals surface area (Å²) in [4.78, 5) is 22.0. The number of fused-ring (bicyclic) bond motifs is 12. The molecule has 334 valence electrons. The van der Waals surface area contributed by atoms with Crippen LogP contribution in [0.25, 0.3) is 90.6 Å². The Hall–Kier alpha value is -7.66. The van der Waals surface area contributed by atoms with Crippen LogP contribution in [0.2, 0.25) is 0 Å². The topological polar surface area (TPSA) is 69.1 Å². The molecule has 0 spiro atoms. The molecular formula is C59H46N8S2. The summed E-state index contributed by atoms with van der Waals surface area (Å²) in [6, 6.07) is 40.2. The Bertz CT molecular complexity index is 4210. The second-order valence-electron chi connectivity index (χ2n) is 19.1. The Labute approximate surface area is 406 Å². The fourth-order valence-electron chi connectivity index (χ4n) is 12.1. The molecule has 0 fully saturated rings. The lowest BCUT2D eigenvalue weighted by Gasteiger charge is -2.33. The van der Waals surface area contributed by atoms with Crippen LogP contribution in [-0.4, -0.2) is 40.9 Å². The summed E-state index contributed by atoms with van der Waals surface area (Å²) in [5.74, 6) is 0.996. The minimum absolute atomic E-state index is 0.0430. The largest absolute Gasteiger partial charge is 0.316 e. The average Bonchev–Trinajstić information content (AvgIpc) is 4.18. The predicted octanol–water partition coefficient (Wildman–Crippen LogP) is 15.2. The van der Waals surface area contributed by atoms with Crippen molar-refractivity contribution in [3.05, 3.63) is 180 Å². The van der Waals surface area contributed by atoms with Crippen molar-refractivity contribution >= 4 is 103 Å². The first-order chi connectivity index (χ1) is 33.6. The number of pyridine rings is 3. The highest BCUT2D eigenvalue weighted by atomic mass is 32.1. The van der Waals surface area contributed by atoms with Gasteiger partial charge in [0.1, 0.15) is 11.5 Å². The molecule has 10 heterocycles. The van der Waals surface area contributed by atoms with Crippen molar-refractivity contribution in [2.24, 2.45) is 4.99 Å². The summed E-state index contributed by atoms with van der Waals surface area (Å²) in [7, 11) is 0. The smallest absolute Gasteiger partial charge is 0.147 e. The van der Waals surface area contributed by atoms with E-state index in [1.54, 1.807) is 0 Å². The maximum atomic E-state index is 5.06. The van der Waals surface area contributed by atoms with Gasteiger partial charge in [-0.05, 0) is 144 Å². The van der Waals surface area contributed by atoms with Gasteiger partial charge in [-0.15, -0.1) is 22.7 Å². The third kappa shape index (κ3) is 5.38. The predicted molar refractivity (Wildman–Crippen MR) is 290 cm³/mol. The molecule has 8 nitrogen and oxygen atoms in total. The highest BCUT2D eigenvalue weighted by Gasteiger charge is 2.49. The van der Waals surface area contributed by atoms with Crippen molar-refractivity contribution in [3.63, 3.8) is 0 Å². The average molecular weight is 931 g/mol. The molecule has 14 rings (SSSR count). The second kappa shape index (κ2) is 14.4. The summed E-state index contributed by atoms with van der Waals surface area (Å²) in [5, 5.41) is 6.11. The van der Waals surface area contributed by atoms with Gasteiger partial charge in [0.25, 0.3) is 0 Å². The van der Waals surface area contributed by atoms with E-state index >= 15 is 0 Å². The number of hydrogen-bond donors (Lipinski definition) is 0. The van der Waals surface area contributed by atoms with E-state index in [1.807, 2.05) is 59.6 Å². The van der Waals surface area contributed by atoms with Gasteiger partial charge in [0.15, 0.2) is 0 Å². The van der Waals surface area contributed by atoms with Crippen LogP contribution < -0.4 is 4.90 Å². The van der Waals surface area contributed by atoms with Gasteiger partial charge < -0.3 is 14.0 Å². The quantitative estimate of drug-likeness (QED) is 0.172. The summed E-state index contributed by atoms with van der Waals surface area (Å²) >= 11 is 3.76. The van der Waals surface area contributed by atoms with Gasteiger partial charge in [-0.3, -0.25) is 14.5 Å². The van der Waals surface area contributed by atoms with Crippen LogP contribution in [0.3, 0.4) is 0 Å². The van der Waals surface area contributed by atoms with Crippen LogP contribution >= 0.6 is 22.7 Å². The minimum atomic E-state index is -0.304. The first-order valence-electron chi connectivity index (χ1n) is 23.6. The number of aromatic nitrogens is 6. The lowest BCUT2D eigenvalue weighted by molar-refractivity contribution is 0.595. The maximum absolute atomic E-state index is 5.06. The standard InChI is InChI=1S/C59H46N8S2/c1-32-34(3)64(36(5)53(32)66-46-19-14-23-61-52(46)42-17-12-24-62-57(42)66)47-29-38(27-43-40-15-8-10-20-49(40)68-55(43)47)39-28-44-41-16-9-11-21-50(41)69-56(44)48(30-39)65-35(4)33(2)54(37(65)6)67-51-22-26-60-31-59(51,7)45-18-13-25-63-58(45)67/h8-31,51H,1-7H3. The van der Waals surface area contributed by atoms with Crippen LogP contribution in [0, 0.1) is 41.5 Å². The Kier molecular flexibility index (Phi) is 8.45. The van der Waals surface area contributed by atoms with E-state index in [0.29, 0.717) is 0 Å². The first kappa shape index (κ1) is 40.4. The molecule has 2 aliphatic heterocycles. The number of benzene rings is 4. The minimum Gasteiger partial charge on any atom is -0.316 e. The van der Waals surface area contributed by atoms with Gasteiger partial charge in [-0.2, -0.15) is 0 Å². The second-order valence-corrected chi connectivity index (χ2v) is 21.2. The zero-order valence-electron chi connectivity index (χ0n) is 39.3. The van der Waals surface area contributed by atoms with Gasteiger partial charge in [-0.1, -0.05) is 42.5 Å². The van der Waals surface area contributed by atoms with Crippen molar-refractivity contribution in [2.45, 2.75) is 59.9 Å². The van der Waals surface area contributed by atoms with Crippen LogP contribution in [-0.2, 0) is 5.41 Å². The molecule has 8 aromatic heterocycles. The Balaban J connectivity index is 1.03. The molecule has 69 heavy (non-hydrogen) atoms. The Morgan fingerprint density at radius 1 is 0.536 bits per heavy atom. The van der Waals surface area contributed by atoms with Gasteiger partial charge >= 0.3 is 0 Å². The summed E-state index contributed by atoms with van der Waals surface area (Å²) in [5.41, 5.74) is 18.1. The normalized spacial score (nSPS) is 16.7. The van der Waals surface area contributed by atoms with Gasteiger partial charge in [0.05, 0.1) is 54.6 Å². The van der Waals surface area contributed by atoms with E-state index in [-0.39, 0.29) is 11.5 Å². The molecule has 0 saturated heterocycles. The zero-order valence-corrected chi connectivity index (χ0v) is 41.0. The summed E-state index contributed by atoms with van der Waals surface area (Å²) in [6.07, 6.45) is 12.0. The van der Waals surface area contributed by atoms with Crippen molar-refractivity contribution in [2.75, 3.05) is 4.90 Å². The van der Waals surface area contributed by atoms with Crippen molar-refractivity contribution in [1.29, 1.82) is 0 Å². The Morgan fingerprint density at radius 2 is 1.10 bits per heavy atom. The fourth-order valence-corrected chi connectivity index (χ4v) is 14.5.